The lowest BCUT2D eigenvalue weighted by atomic mass is 9.87. The topological polar surface area (TPSA) is 95.1 Å². The Labute approximate surface area is 233 Å². The standard InChI is InChI=1S/C30H32N8O2/c1-39-26-7-8-35(19-26)23-10-27(30-22(11-31)14-34-38(30)18-23)21-4-5-28(32-13-21)36-16-24-9-25(17-36)37(24)15-20-3-6-29(40-2)33-12-20/h3-6,10,12-14,18,24-26H,7-9,15-17,19H2,1-2H3. The van der Waals surface area contributed by atoms with E-state index in [1.807, 2.05) is 29.2 Å². The summed E-state index contributed by atoms with van der Waals surface area (Å²) in [7, 11) is 3.41. The van der Waals surface area contributed by atoms with Gasteiger partial charge in [0.2, 0.25) is 5.88 Å². The van der Waals surface area contributed by atoms with Gasteiger partial charge in [0.25, 0.3) is 0 Å². The number of rotatable bonds is 7. The molecule has 0 saturated carbocycles. The fourth-order valence-corrected chi connectivity index (χ4v) is 6.44. The summed E-state index contributed by atoms with van der Waals surface area (Å²) in [5, 5.41) is 14.2. The third-order valence-electron chi connectivity index (χ3n) is 8.66. The minimum Gasteiger partial charge on any atom is -0.481 e. The maximum Gasteiger partial charge on any atom is 0.212 e. The molecule has 40 heavy (non-hydrogen) atoms. The molecule has 3 unspecified atom stereocenters. The molecule has 3 atom stereocenters. The van der Waals surface area contributed by atoms with Crippen LogP contribution in [0.3, 0.4) is 0 Å². The number of ether oxygens (including phenoxy) is 2. The van der Waals surface area contributed by atoms with Crippen molar-refractivity contribution in [3.05, 3.63) is 66.2 Å². The summed E-state index contributed by atoms with van der Waals surface area (Å²) in [6.07, 6.45) is 9.94. The van der Waals surface area contributed by atoms with Gasteiger partial charge >= 0.3 is 0 Å². The lowest BCUT2D eigenvalue weighted by Crippen LogP contribution is -2.68. The van der Waals surface area contributed by atoms with Crippen molar-refractivity contribution in [3.63, 3.8) is 0 Å². The van der Waals surface area contributed by atoms with E-state index in [1.54, 1.807) is 20.4 Å². The Hall–Kier alpha value is -4.20. The van der Waals surface area contributed by atoms with Crippen LogP contribution >= 0.6 is 0 Å². The van der Waals surface area contributed by atoms with Gasteiger partial charge in [-0.2, -0.15) is 10.4 Å². The molecular weight excluding hydrogens is 504 g/mol. The van der Waals surface area contributed by atoms with Crippen LogP contribution in [-0.4, -0.2) is 83.1 Å². The quantitative estimate of drug-likeness (QED) is 0.352. The molecule has 0 aromatic carbocycles. The average Bonchev–Trinajstić information content (AvgIpc) is 3.67. The van der Waals surface area contributed by atoms with E-state index in [4.69, 9.17) is 14.5 Å². The highest BCUT2D eigenvalue weighted by atomic mass is 16.5. The van der Waals surface area contributed by atoms with E-state index in [2.05, 4.69) is 55.1 Å². The predicted molar refractivity (Wildman–Crippen MR) is 152 cm³/mol. The number of fused-ring (bicyclic) bond motifs is 3. The van der Waals surface area contributed by atoms with Crippen LogP contribution in [0.1, 0.15) is 24.0 Å². The zero-order chi connectivity index (χ0) is 27.2. The number of anilines is 2. The Morgan fingerprint density at radius 1 is 1.00 bits per heavy atom. The van der Waals surface area contributed by atoms with Crippen LogP contribution in [0.5, 0.6) is 5.88 Å². The molecule has 2 bridgehead atoms. The van der Waals surface area contributed by atoms with Crippen molar-refractivity contribution in [1.29, 1.82) is 5.26 Å². The molecule has 8 heterocycles. The first-order valence-electron chi connectivity index (χ1n) is 13.8. The zero-order valence-electron chi connectivity index (χ0n) is 22.8. The molecule has 0 amide bonds. The van der Waals surface area contributed by atoms with Gasteiger partial charge in [-0.05, 0) is 36.6 Å². The summed E-state index contributed by atoms with van der Waals surface area (Å²) in [6.45, 7) is 4.60. The van der Waals surface area contributed by atoms with Crippen LogP contribution in [0, 0.1) is 11.3 Å². The van der Waals surface area contributed by atoms with E-state index in [1.165, 1.54) is 12.0 Å². The number of pyridine rings is 3. The summed E-state index contributed by atoms with van der Waals surface area (Å²) in [5.41, 5.74) is 5.60. The highest BCUT2D eigenvalue weighted by Crippen LogP contribution is 2.37. The maximum absolute atomic E-state index is 9.76. The number of aromatic nitrogens is 4. The van der Waals surface area contributed by atoms with Crippen molar-refractivity contribution < 1.29 is 9.47 Å². The maximum atomic E-state index is 9.76. The number of methoxy groups -OCH3 is 2. The molecular formula is C30H32N8O2. The lowest BCUT2D eigenvalue weighted by Gasteiger charge is -2.56. The second-order valence-electron chi connectivity index (χ2n) is 10.9. The average molecular weight is 537 g/mol. The van der Waals surface area contributed by atoms with Crippen molar-refractivity contribution in [3.8, 4) is 23.1 Å². The molecule has 0 spiro atoms. The second-order valence-corrected chi connectivity index (χ2v) is 10.9. The molecule has 0 radical (unpaired) electrons. The Morgan fingerprint density at radius 2 is 1.88 bits per heavy atom. The first-order chi connectivity index (χ1) is 19.6. The van der Waals surface area contributed by atoms with Crippen molar-refractivity contribution in [2.24, 2.45) is 0 Å². The normalized spacial score (nSPS) is 22.4. The van der Waals surface area contributed by atoms with Crippen molar-refractivity contribution >= 4 is 17.0 Å². The minimum atomic E-state index is 0.229. The third kappa shape index (κ3) is 4.31. The SMILES string of the molecule is COc1ccc(CN2C3CC2CN(c2ccc(-c4cc(N5CCC(OC)C5)cn5ncc(C#N)c45)cn2)C3)cn1. The Kier molecular flexibility index (Phi) is 6.25. The summed E-state index contributed by atoms with van der Waals surface area (Å²) >= 11 is 0. The van der Waals surface area contributed by atoms with E-state index < -0.39 is 0 Å². The van der Waals surface area contributed by atoms with Gasteiger partial charge in [-0.25, -0.2) is 14.5 Å². The minimum absolute atomic E-state index is 0.229. The summed E-state index contributed by atoms with van der Waals surface area (Å²) in [5.74, 6) is 1.64. The van der Waals surface area contributed by atoms with Gasteiger partial charge in [0, 0.05) is 81.5 Å². The number of hydrogen-bond donors (Lipinski definition) is 0. The van der Waals surface area contributed by atoms with Gasteiger partial charge in [-0.3, -0.25) is 4.90 Å². The van der Waals surface area contributed by atoms with Crippen molar-refractivity contribution in [1.82, 2.24) is 24.5 Å². The fourth-order valence-electron chi connectivity index (χ4n) is 6.44. The number of piperidine rings is 1. The Bertz CT molecular complexity index is 1550. The molecule has 10 heteroatoms. The van der Waals surface area contributed by atoms with Gasteiger partial charge in [0.1, 0.15) is 11.9 Å². The van der Waals surface area contributed by atoms with Crippen LogP contribution in [0.4, 0.5) is 11.5 Å². The van der Waals surface area contributed by atoms with E-state index in [0.29, 0.717) is 23.5 Å². The van der Waals surface area contributed by atoms with Crippen LogP contribution in [-0.2, 0) is 11.3 Å². The second kappa shape index (κ2) is 10.1. The first kappa shape index (κ1) is 24.8. The van der Waals surface area contributed by atoms with Crippen molar-refractivity contribution in [2.45, 2.75) is 37.6 Å². The zero-order valence-corrected chi connectivity index (χ0v) is 22.8. The molecule has 4 aromatic heterocycles. The summed E-state index contributed by atoms with van der Waals surface area (Å²) in [4.78, 5) is 16.5. The van der Waals surface area contributed by atoms with Gasteiger partial charge in [-0.1, -0.05) is 6.07 Å². The van der Waals surface area contributed by atoms with Crippen LogP contribution in [0.2, 0.25) is 0 Å². The number of nitriles is 1. The molecule has 4 aliphatic rings. The lowest BCUT2D eigenvalue weighted by molar-refractivity contribution is -0.00876. The van der Waals surface area contributed by atoms with E-state index in [0.717, 1.165) is 67.3 Å². The Morgan fingerprint density at radius 3 is 2.55 bits per heavy atom. The number of hydrogen-bond acceptors (Lipinski definition) is 9. The van der Waals surface area contributed by atoms with Crippen LogP contribution < -0.4 is 14.5 Å². The monoisotopic (exact) mass is 536 g/mol. The molecule has 4 aromatic rings. The molecule has 8 rings (SSSR count). The molecule has 204 valence electrons. The first-order valence-corrected chi connectivity index (χ1v) is 13.8. The van der Waals surface area contributed by atoms with Gasteiger partial charge < -0.3 is 19.3 Å². The third-order valence-corrected chi connectivity index (χ3v) is 8.66. The highest BCUT2D eigenvalue weighted by Gasteiger charge is 2.44. The van der Waals surface area contributed by atoms with Crippen molar-refractivity contribution in [2.75, 3.05) is 50.2 Å². The predicted octanol–water partition coefficient (Wildman–Crippen LogP) is 3.36. The highest BCUT2D eigenvalue weighted by molar-refractivity contribution is 5.86. The Balaban J connectivity index is 1.10. The molecule has 0 aliphatic carbocycles. The van der Waals surface area contributed by atoms with Gasteiger partial charge in [0.05, 0.1) is 42.4 Å². The van der Waals surface area contributed by atoms with Gasteiger partial charge in [-0.15, -0.1) is 0 Å². The molecule has 4 saturated heterocycles. The fraction of sp³-hybridized carbons (Fsp3) is 0.400. The van der Waals surface area contributed by atoms with Gasteiger partial charge in [0.15, 0.2) is 0 Å². The molecule has 0 N–H and O–H groups in total. The summed E-state index contributed by atoms with van der Waals surface area (Å²) < 4.78 is 12.6. The molecule has 4 aliphatic heterocycles. The van der Waals surface area contributed by atoms with E-state index in [-0.39, 0.29) is 6.10 Å². The number of piperazine rings is 1. The van der Waals surface area contributed by atoms with E-state index in [9.17, 15) is 5.26 Å². The smallest absolute Gasteiger partial charge is 0.212 e. The number of nitrogens with zero attached hydrogens (tertiary/aromatic N) is 8. The largest absolute Gasteiger partial charge is 0.481 e. The van der Waals surface area contributed by atoms with E-state index >= 15 is 0 Å². The van der Waals surface area contributed by atoms with Crippen LogP contribution in [0.15, 0.2) is 55.1 Å². The summed E-state index contributed by atoms with van der Waals surface area (Å²) in [6, 6.07) is 13.8. The van der Waals surface area contributed by atoms with Crippen LogP contribution in [0.25, 0.3) is 16.6 Å². The molecule has 4 fully saturated rings. The molecule has 10 nitrogen and oxygen atoms in total.